The lowest BCUT2D eigenvalue weighted by molar-refractivity contribution is 0.0530. The maximum Gasteiger partial charge on any atom is 0.407 e. The molecule has 0 aliphatic carbocycles. The number of carbonyl (C=O) groups is 1. The Morgan fingerprint density at radius 1 is 1.25 bits per heavy atom. The zero-order valence-electron chi connectivity index (χ0n) is 11.7. The van der Waals surface area contributed by atoms with E-state index in [0.29, 0.717) is 0 Å². The summed E-state index contributed by atoms with van der Waals surface area (Å²) in [5.74, 6) is -1.56. The number of carbonyl (C=O) groups excluding carboxylic acids is 1. The molecule has 4 N–H and O–H groups in total. The standard InChI is InChI=1S/C13H19F2N3O2/c1-13(2,3)20-12(19)18-5-4-17-11-9(14)6-8(16)7-10(11)15/h6-7,17H,4-5,16H2,1-3H3,(H,18,19). The van der Waals surface area contributed by atoms with Crippen LogP contribution in [0.3, 0.4) is 0 Å². The molecule has 0 aromatic heterocycles. The van der Waals surface area contributed by atoms with Gasteiger partial charge >= 0.3 is 6.09 Å². The van der Waals surface area contributed by atoms with E-state index >= 15 is 0 Å². The maximum atomic E-state index is 13.4. The average Bonchev–Trinajstić information content (AvgIpc) is 2.23. The third-order valence-corrected chi connectivity index (χ3v) is 2.16. The molecule has 0 bridgehead atoms. The van der Waals surface area contributed by atoms with Gasteiger partial charge in [0.2, 0.25) is 0 Å². The van der Waals surface area contributed by atoms with Crippen LogP contribution < -0.4 is 16.4 Å². The number of nitrogens with one attached hydrogen (secondary N) is 2. The molecule has 0 radical (unpaired) electrons. The molecular formula is C13H19F2N3O2. The van der Waals surface area contributed by atoms with E-state index in [1.807, 2.05) is 0 Å². The molecule has 7 heteroatoms. The molecule has 1 amide bonds. The van der Waals surface area contributed by atoms with E-state index in [1.54, 1.807) is 20.8 Å². The van der Waals surface area contributed by atoms with Gasteiger partial charge < -0.3 is 21.1 Å². The number of nitrogens with two attached hydrogens (primary N) is 1. The van der Waals surface area contributed by atoms with Crippen LogP contribution in [-0.2, 0) is 4.74 Å². The molecule has 0 fully saturated rings. The number of halogens is 2. The first-order valence-corrected chi connectivity index (χ1v) is 6.14. The smallest absolute Gasteiger partial charge is 0.407 e. The summed E-state index contributed by atoms with van der Waals surface area (Å²) in [6, 6.07) is 2.04. The Morgan fingerprint density at radius 2 is 1.80 bits per heavy atom. The van der Waals surface area contributed by atoms with Crippen molar-refractivity contribution in [3.8, 4) is 0 Å². The molecule has 112 valence electrons. The van der Waals surface area contributed by atoms with Gasteiger partial charge in [-0.1, -0.05) is 0 Å². The predicted octanol–water partition coefficient (Wildman–Crippen LogP) is 2.48. The van der Waals surface area contributed by atoms with Gasteiger partial charge in [-0.2, -0.15) is 0 Å². The van der Waals surface area contributed by atoms with Crippen LogP contribution >= 0.6 is 0 Å². The van der Waals surface area contributed by atoms with Crippen molar-refractivity contribution in [1.29, 1.82) is 0 Å². The first kappa shape index (κ1) is 16.0. The van der Waals surface area contributed by atoms with Crippen LogP contribution in [0.5, 0.6) is 0 Å². The summed E-state index contributed by atoms with van der Waals surface area (Å²) in [5.41, 5.74) is 4.45. The molecule has 1 aromatic carbocycles. The molecule has 0 saturated heterocycles. The normalized spacial score (nSPS) is 11.1. The van der Waals surface area contributed by atoms with Crippen LogP contribution in [0.2, 0.25) is 0 Å². The topological polar surface area (TPSA) is 76.4 Å². The van der Waals surface area contributed by atoms with Crippen LogP contribution in [0.15, 0.2) is 12.1 Å². The Labute approximate surface area is 116 Å². The first-order chi connectivity index (χ1) is 9.19. The second kappa shape index (κ2) is 6.40. The van der Waals surface area contributed by atoms with Gasteiger partial charge in [-0.25, -0.2) is 13.6 Å². The maximum absolute atomic E-state index is 13.4. The minimum atomic E-state index is -0.778. The highest BCUT2D eigenvalue weighted by Crippen LogP contribution is 2.21. The average molecular weight is 287 g/mol. The number of rotatable bonds is 4. The number of nitrogen functional groups attached to an aromatic ring is 1. The van der Waals surface area contributed by atoms with Crippen LogP contribution in [0.1, 0.15) is 20.8 Å². The lowest BCUT2D eigenvalue weighted by Gasteiger charge is -2.19. The zero-order valence-corrected chi connectivity index (χ0v) is 11.7. The molecule has 1 rings (SSSR count). The monoisotopic (exact) mass is 287 g/mol. The lowest BCUT2D eigenvalue weighted by atomic mass is 10.2. The van der Waals surface area contributed by atoms with Crippen molar-refractivity contribution in [1.82, 2.24) is 5.32 Å². The Kier molecular flexibility index (Phi) is 5.12. The van der Waals surface area contributed by atoms with E-state index in [0.717, 1.165) is 12.1 Å². The Bertz CT molecular complexity index is 464. The summed E-state index contributed by atoms with van der Waals surface area (Å²) in [6.45, 7) is 5.53. The number of hydrogen-bond acceptors (Lipinski definition) is 4. The third-order valence-electron chi connectivity index (χ3n) is 2.16. The van der Waals surface area contributed by atoms with E-state index < -0.39 is 23.3 Å². The van der Waals surface area contributed by atoms with Crippen LogP contribution in [0, 0.1) is 11.6 Å². The second-order valence-electron chi connectivity index (χ2n) is 5.21. The molecule has 0 spiro atoms. The van der Waals surface area contributed by atoms with Gasteiger partial charge in [-0.15, -0.1) is 0 Å². The number of amides is 1. The predicted molar refractivity (Wildman–Crippen MR) is 73.5 cm³/mol. The minimum Gasteiger partial charge on any atom is -0.444 e. The summed E-state index contributed by atoms with van der Waals surface area (Å²) in [7, 11) is 0. The first-order valence-electron chi connectivity index (χ1n) is 6.14. The molecular weight excluding hydrogens is 268 g/mol. The summed E-state index contributed by atoms with van der Waals surface area (Å²) >= 11 is 0. The van der Waals surface area contributed by atoms with E-state index in [4.69, 9.17) is 10.5 Å². The minimum absolute atomic E-state index is 0.0115. The third kappa shape index (κ3) is 5.29. The molecule has 0 unspecified atom stereocenters. The fourth-order valence-corrected chi connectivity index (χ4v) is 1.43. The quantitative estimate of drug-likeness (QED) is 0.587. The lowest BCUT2D eigenvalue weighted by Crippen LogP contribution is -2.35. The molecule has 0 heterocycles. The van der Waals surface area contributed by atoms with Crippen LogP contribution in [-0.4, -0.2) is 24.8 Å². The van der Waals surface area contributed by atoms with E-state index in [1.165, 1.54) is 0 Å². The highest BCUT2D eigenvalue weighted by molar-refractivity contribution is 5.67. The van der Waals surface area contributed by atoms with Crippen molar-refractivity contribution in [2.45, 2.75) is 26.4 Å². The number of hydrogen-bond donors (Lipinski definition) is 3. The van der Waals surface area contributed by atoms with Gasteiger partial charge in [-0.3, -0.25) is 0 Å². The van der Waals surface area contributed by atoms with Crippen molar-refractivity contribution in [2.24, 2.45) is 0 Å². The van der Waals surface area contributed by atoms with E-state index in [-0.39, 0.29) is 24.5 Å². The molecule has 0 saturated carbocycles. The van der Waals surface area contributed by atoms with Crippen molar-refractivity contribution in [3.05, 3.63) is 23.8 Å². The Balaban J connectivity index is 2.41. The highest BCUT2D eigenvalue weighted by Gasteiger charge is 2.15. The van der Waals surface area contributed by atoms with Gasteiger partial charge in [0.1, 0.15) is 11.3 Å². The van der Waals surface area contributed by atoms with Gasteiger partial charge in [0.05, 0.1) is 0 Å². The second-order valence-corrected chi connectivity index (χ2v) is 5.21. The number of anilines is 2. The number of alkyl carbamates (subject to hydrolysis) is 1. The van der Waals surface area contributed by atoms with Gasteiger partial charge in [0, 0.05) is 18.8 Å². The molecule has 0 aliphatic heterocycles. The molecule has 1 aromatic rings. The highest BCUT2D eigenvalue weighted by atomic mass is 19.1. The Morgan fingerprint density at radius 3 is 2.30 bits per heavy atom. The largest absolute Gasteiger partial charge is 0.444 e. The summed E-state index contributed by atoms with van der Waals surface area (Å²) in [6.07, 6.45) is -0.586. The number of ether oxygens (including phenoxy) is 1. The van der Waals surface area contributed by atoms with Crippen molar-refractivity contribution in [2.75, 3.05) is 24.1 Å². The molecule has 0 atom stereocenters. The Hall–Kier alpha value is -2.05. The SMILES string of the molecule is CC(C)(C)OC(=O)NCCNc1c(F)cc(N)cc1F. The van der Waals surface area contributed by atoms with Crippen molar-refractivity contribution < 1.29 is 18.3 Å². The van der Waals surface area contributed by atoms with Crippen LogP contribution in [0.25, 0.3) is 0 Å². The number of benzene rings is 1. The van der Waals surface area contributed by atoms with Gasteiger partial charge in [-0.05, 0) is 32.9 Å². The van der Waals surface area contributed by atoms with Gasteiger partial charge in [0.15, 0.2) is 11.6 Å². The summed E-state index contributed by atoms with van der Waals surface area (Å²) in [4.78, 5) is 11.3. The zero-order chi connectivity index (χ0) is 15.3. The van der Waals surface area contributed by atoms with Crippen molar-refractivity contribution >= 4 is 17.5 Å². The summed E-state index contributed by atoms with van der Waals surface area (Å²) < 4.78 is 31.9. The van der Waals surface area contributed by atoms with E-state index in [2.05, 4.69) is 10.6 Å². The molecule has 5 nitrogen and oxygen atoms in total. The van der Waals surface area contributed by atoms with Gasteiger partial charge in [0.25, 0.3) is 0 Å². The molecule has 0 aliphatic rings. The van der Waals surface area contributed by atoms with Crippen molar-refractivity contribution in [3.63, 3.8) is 0 Å². The molecule has 20 heavy (non-hydrogen) atoms. The summed E-state index contributed by atoms with van der Waals surface area (Å²) in [5, 5.41) is 5.02. The van der Waals surface area contributed by atoms with E-state index in [9.17, 15) is 13.6 Å². The fraction of sp³-hybridized carbons (Fsp3) is 0.462. The fourth-order valence-electron chi connectivity index (χ4n) is 1.43. The van der Waals surface area contributed by atoms with Crippen LogP contribution in [0.4, 0.5) is 25.0 Å².